The number of aliphatic hydroxyl groups is 1. The van der Waals surface area contributed by atoms with E-state index in [1.54, 1.807) is 22.9 Å². The maximum absolute atomic E-state index is 10.5. The normalized spacial score (nSPS) is 12.4. The number of halogens is 1. The lowest BCUT2D eigenvalue weighted by atomic mass is 10.0. The van der Waals surface area contributed by atoms with Crippen molar-refractivity contribution in [2.75, 3.05) is 12.8 Å². The molecular formula is C13H16ClN3O2. The Bertz CT molecular complexity index is 583. The molecule has 1 atom stereocenters. The van der Waals surface area contributed by atoms with E-state index in [0.29, 0.717) is 34.3 Å². The summed E-state index contributed by atoms with van der Waals surface area (Å²) in [7, 11) is 1.53. The molecule has 19 heavy (non-hydrogen) atoms. The van der Waals surface area contributed by atoms with Gasteiger partial charge in [0.1, 0.15) is 11.9 Å². The van der Waals surface area contributed by atoms with Crippen molar-refractivity contribution in [3.05, 3.63) is 40.7 Å². The summed E-state index contributed by atoms with van der Waals surface area (Å²) < 4.78 is 6.79. The van der Waals surface area contributed by atoms with Crippen molar-refractivity contribution in [3.63, 3.8) is 0 Å². The molecule has 2 aromatic rings. The molecule has 0 bridgehead atoms. The van der Waals surface area contributed by atoms with Crippen LogP contribution < -0.4 is 10.5 Å². The molecule has 0 radical (unpaired) electrons. The highest BCUT2D eigenvalue weighted by molar-refractivity contribution is 6.31. The predicted octanol–water partition coefficient (Wildman–Crippen LogP) is 2.23. The van der Waals surface area contributed by atoms with Crippen LogP contribution in [0.5, 0.6) is 5.75 Å². The number of aliphatic hydroxyl groups excluding tert-OH is 1. The largest absolute Gasteiger partial charge is 0.495 e. The molecule has 102 valence electrons. The summed E-state index contributed by atoms with van der Waals surface area (Å²) in [6.07, 6.45) is 0.574. The minimum absolute atomic E-state index is 0.400. The summed E-state index contributed by atoms with van der Waals surface area (Å²) >= 11 is 6.08. The number of nitrogen functional groups attached to an aromatic ring is 1. The topological polar surface area (TPSA) is 73.3 Å². The first-order valence-corrected chi connectivity index (χ1v) is 6.29. The van der Waals surface area contributed by atoms with Crippen LogP contribution in [0.15, 0.2) is 24.4 Å². The van der Waals surface area contributed by atoms with Crippen LogP contribution in [-0.2, 0) is 6.54 Å². The van der Waals surface area contributed by atoms with E-state index in [1.807, 2.05) is 6.92 Å². The molecule has 0 amide bonds. The zero-order valence-electron chi connectivity index (χ0n) is 10.8. The summed E-state index contributed by atoms with van der Waals surface area (Å²) in [6, 6.07) is 5.25. The van der Waals surface area contributed by atoms with Gasteiger partial charge in [-0.1, -0.05) is 23.7 Å². The molecule has 6 heteroatoms. The average molecular weight is 282 g/mol. The van der Waals surface area contributed by atoms with Gasteiger partial charge in [0.15, 0.2) is 0 Å². The lowest BCUT2D eigenvalue weighted by Gasteiger charge is -2.17. The molecule has 2 rings (SSSR count). The lowest BCUT2D eigenvalue weighted by molar-refractivity contribution is 0.208. The number of nitrogens with zero attached hydrogens (tertiary/aromatic N) is 2. The summed E-state index contributed by atoms with van der Waals surface area (Å²) in [5, 5.41) is 15.0. The molecule has 0 spiro atoms. The monoisotopic (exact) mass is 281 g/mol. The Kier molecular flexibility index (Phi) is 3.97. The minimum atomic E-state index is -0.940. The minimum Gasteiger partial charge on any atom is -0.495 e. The molecule has 5 nitrogen and oxygen atoms in total. The molecule has 1 aromatic heterocycles. The fourth-order valence-corrected chi connectivity index (χ4v) is 2.27. The Labute approximate surface area is 116 Å². The number of nitrogens with two attached hydrogens (primary N) is 1. The first-order valence-electron chi connectivity index (χ1n) is 5.91. The molecule has 0 saturated heterocycles. The van der Waals surface area contributed by atoms with Gasteiger partial charge in [-0.25, -0.2) is 0 Å². The van der Waals surface area contributed by atoms with Crippen molar-refractivity contribution >= 4 is 17.3 Å². The number of para-hydroxylation sites is 1. The lowest BCUT2D eigenvalue weighted by Crippen LogP contribution is -2.11. The standard InChI is InChI=1S/C13H16ClN3O2/c1-3-17-12(9(14)7-16-17)13(18)8-5-4-6-10(19-2)11(8)15/h4-7,13,18H,3,15H2,1-2H3. The SMILES string of the molecule is CCn1ncc(Cl)c1C(O)c1cccc(OC)c1N. The fourth-order valence-electron chi connectivity index (χ4n) is 2.02. The van der Waals surface area contributed by atoms with Gasteiger partial charge in [0.05, 0.1) is 29.7 Å². The summed E-state index contributed by atoms with van der Waals surface area (Å²) in [5.41, 5.74) is 7.47. The fraction of sp³-hybridized carbons (Fsp3) is 0.308. The Morgan fingerprint density at radius 1 is 1.53 bits per heavy atom. The van der Waals surface area contributed by atoms with Gasteiger partial charge in [0.25, 0.3) is 0 Å². The molecule has 0 aliphatic heterocycles. The van der Waals surface area contributed by atoms with Crippen molar-refractivity contribution in [2.45, 2.75) is 19.6 Å². The number of hydrogen-bond donors (Lipinski definition) is 2. The second-order valence-corrected chi connectivity index (χ2v) is 4.47. The van der Waals surface area contributed by atoms with Gasteiger partial charge in [0.2, 0.25) is 0 Å². The quantitative estimate of drug-likeness (QED) is 0.843. The highest BCUT2D eigenvalue weighted by Gasteiger charge is 2.22. The highest BCUT2D eigenvalue weighted by Crippen LogP contribution is 2.35. The van der Waals surface area contributed by atoms with Gasteiger partial charge in [-0.15, -0.1) is 0 Å². The molecule has 1 heterocycles. The number of benzene rings is 1. The zero-order chi connectivity index (χ0) is 14.0. The van der Waals surface area contributed by atoms with Crippen LogP contribution >= 0.6 is 11.6 Å². The van der Waals surface area contributed by atoms with Gasteiger partial charge < -0.3 is 15.6 Å². The van der Waals surface area contributed by atoms with Crippen LogP contribution in [0.1, 0.15) is 24.3 Å². The van der Waals surface area contributed by atoms with Crippen molar-refractivity contribution in [2.24, 2.45) is 0 Å². The summed E-state index contributed by atoms with van der Waals surface area (Å²) in [5.74, 6) is 0.523. The van der Waals surface area contributed by atoms with E-state index in [4.69, 9.17) is 22.1 Å². The second-order valence-electron chi connectivity index (χ2n) is 4.06. The van der Waals surface area contributed by atoms with E-state index in [2.05, 4.69) is 5.10 Å². The summed E-state index contributed by atoms with van der Waals surface area (Å²) in [4.78, 5) is 0. The summed E-state index contributed by atoms with van der Waals surface area (Å²) in [6.45, 7) is 2.54. The second kappa shape index (κ2) is 5.50. The number of anilines is 1. The Balaban J connectivity index is 2.50. The van der Waals surface area contributed by atoms with Crippen molar-refractivity contribution in [3.8, 4) is 5.75 Å². The Hall–Kier alpha value is -1.72. The van der Waals surface area contributed by atoms with E-state index in [9.17, 15) is 5.11 Å². The Morgan fingerprint density at radius 2 is 2.26 bits per heavy atom. The average Bonchev–Trinajstić information content (AvgIpc) is 2.79. The van der Waals surface area contributed by atoms with Gasteiger partial charge in [-0.05, 0) is 13.0 Å². The van der Waals surface area contributed by atoms with Crippen LogP contribution in [0.25, 0.3) is 0 Å². The smallest absolute Gasteiger partial charge is 0.142 e. The first kappa shape index (κ1) is 13.7. The van der Waals surface area contributed by atoms with Gasteiger partial charge in [-0.3, -0.25) is 4.68 Å². The number of methoxy groups -OCH3 is 1. The molecule has 0 fully saturated rings. The van der Waals surface area contributed by atoms with Crippen LogP contribution in [0.4, 0.5) is 5.69 Å². The molecule has 1 aromatic carbocycles. The first-order chi connectivity index (χ1) is 9.10. The van der Waals surface area contributed by atoms with E-state index >= 15 is 0 Å². The number of aryl methyl sites for hydroxylation is 1. The molecule has 0 aliphatic carbocycles. The maximum Gasteiger partial charge on any atom is 0.142 e. The number of ether oxygens (including phenoxy) is 1. The molecule has 0 aliphatic rings. The van der Waals surface area contributed by atoms with Gasteiger partial charge >= 0.3 is 0 Å². The van der Waals surface area contributed by atoms with Crippen molar-refractivity contribution < 1.29 is 9.84 Å². The van der Waals surface area contributed by atoms with Crippen LogP contribution in [0, 0.1) is 0 Å². The van der Waals surface area contributed by atoms with Gasteiger partial charge in [-0.2, -0.15) is 5.10 Å². The number of aromatic nitrogens is 2. The van der Waals surface area contributed by atoms with Crippen molar-refractivity contribution in [1.82, 2.24) is 9.78 Å². The van der Waals surface area contributed by atoms with E-state index in [-0.39, 0.29) is 0 Å². The Morgan fingerprint density at radius 3 is 2.89 bits per heavy atom. The molecule has 1 unspecified atom stereocenters. The number of hydrogen-bond acceptors (Lipinski definition) is 4. The van der Waals surface area contributed by atoms with Gasteiger partial charge in [0, 0.05) is 12.1 Å². The third kappa shape index (κ3) is 2.39. The zero-order valence-corrected chi connectivity index (χ0v) is 11.6. The highest BCUT2D eigenvalue weighted by atomic mass is 35.5. The van der Waals surface area contributed by atoms with Crippen molar-refractivity contribution in [1.29, 1.82) is 0 Å². The van der Waals surface area contributed by atoms with E-state index in [1.165, 1.54) is 13.3 Å². The molecule has 3 N–H and O–H groups in total. The maximum atomic E-state index is 10.5. The molecule has 0 saturated carbocycles. The third-order valence-electron chi connectivity index (χ3n) is 3.01. The van der Waals surface area contributed by atoms with Crippen LogP contribution in [0.3, 0.4) is 0 Å². The number of rotatable bonds is 4. The van der Waals surface area contributed by atoms with Crippen LogP contribution in [0.2, 0.25) is 5.02 Å². The van der Waals surface area contributed by atoms with E-state index in [0.717, 1.165) is 0 Å². The molecular weight excluding hydrogens is 266 g/mol. The third-order valence-corrected chi connectivity index (χ3v) is 3.30. The van der Waals surface area contributed by atoms with E-state index < -0.39 is 6.10 Å². The van der Waals surface area contributed by atoms with Crippen LogP contribution in [-0.4, -0.2) is 22.0 Å². The predicted molar refractivity (Wildman–Crippen MR) is 74.4 cm³/mol.